The fourth-order valence-corrected chi connectivity index (χ4v) is 4.89. The van der Waals surface area contributed by atoms with Gasteiger partial charge in [0.05, 0.1) is 23.3 Å². The summed E-state index contributed by atoms with van der Waals surface area (Å²) < 4.78 is 5.87. The lowest BCUT2D eigenvalue weighted by molar-refractivity contribution is 0.0660. The van der Waals surface area contributed by atoms with Crippen molar-refractivity contribution in [1.82, 2.24) is 20.0 Å². The number of nitrogens with one attached hydrogen (secondary N) is 1. The van der Waals surface area contributed by atoms with Crippen LogP contribution in [0.25, 0.3) is 10.8 Å². The molecule has 0 unspecified atom stereocenters. The van der Waals surface area contributed by atoms with Gasteiger partial charge in [-0.3, -0.25) is 9.59 Å². The van der Waals surface area contributed by atoms with E-state index >= 15 is 0 Å². The molecule has 0 aliphatic carbocycles. The van der Waals surface area contributed by atoms with Crippen molar-refractivity contribution >= 4 is 16.7 Å². The van der Waals surface area contributed by atoms with Gasteiger partial charge in [0.2, 0.25) is 0 Å². The predicted octanol–water partition coefficient (Wildman–Crippen LogP) is 2.62. The van der Waals surface area contributed by atoms with Crippen molar-refractivity contribution in [3.05, 3.63) is 69.1 Å². The molecule has 1 N–H and O–H groups in total. The molecule has 1 amide bonds. The smallest absolute Gasteiger partial charge is 0.272 e. The highest BCUT2D eigenvalue weighted by Gasteiger charge is 2.29. The van der Waals surface area contributed by atoms with Gasteiger partial charge in [-0.1, -0.05) is 24.3 Å². The molecule has 0 saturated carbocycles. The largest absolute Gasteiger partial charge is 0.492 e. The van der Waals surface area contributed by atoms with Crippen LogP contribution in [-0.4, -0.2) is 65.7 Å². The van der Waals surface area contributed by atoms with Crippen LogP contribution in [0.15, 0.2) is 41.2 Å². The van der Waals surface area contributed by atoms with Crippen LogP contribution in [0, 0.1) is 0 Å². The zero-order valence-electron chi connectivity index (χ0n) is 18.6. The van der Waals surface area contributed by atoms with Crippen LogP contribution in [0.2, 0.25) is 0 Å². The Morgan fingerprint density at radius 2 is 1.94 bits per heavy atom. The number of likely N-dealkylation sites (tertiary alicyclic amines) is 1. The number of fused-ring (bicyclic) bond motifs is 2. The van der Waals surface area contributed by atoms with Crippen LogP contribution in [0.4, 0.5) is 0 Å². The molecule has 166 valence electrons. The first-order valence-corrected chi connectivity index (χ1v) is 11.2. The van der Waals surface area contributed by atoms with Crippen molar-refractivity contribution in [2.45, 2.75) is 31.7 Å². The summed E-state index contributed by atoms with van der Waals surface area (Å²) in [6.45, 7) is 2.11. The van der Waals surface area contributed by atoms with Crippen molar-refractivity contribution in [3.63, 3.8) is 0 Å². The van der Waals surface area contributed by atoms with Gasteiger partial charge in [-0.05, 0) is 50.2 Å². The number of carbonyl (C=O) groups is 1. The van der Waals surface area contributed by atoms with E-state index in [1.54, 1.807) is 0 Å². The third-order valence-electron chi connectivity index (χ3n) is 6.70. The van der Waals surface area contributed by atoms with E-state index in [9.17, 15) is 9.59 Å². The summed E-state index contributed by atoms with van der Waals surface area (Å²) in [7, 11) is 4.20. The third-order valence-corrected chi connectivity index (χ3v) is 6.70. The van der Waals surface area contributed by atoms with Crippen LogP contribution in [-0.2, 0) is 12.8 Å². The van der Waals surface area contributed by atoms with Gasteiger partial charge >= 0.3 is 0 Å². The number of ether oxygens (including phenoxy) is 1. The van der Waals surface area contributed by atoms with Crippen molar-refractivity contribution in [2.75, 3.05) is 33.8 Å². The number of aromatic amines is 1. The van der Waals surface area contributed by atoms with E-state index in [1.165, 1.54) is 0 Å². The molecule has 32 heavy (non-hydrogen) atoms. The Balaban J connectivity index is 1.46. The first kappa shape index (κ1) is 20.7. The molecule has 1 aromatic heterocycles. The van der Waals surface area contributed by atoms with E-state index in [4.69, 9.17) is 4.74 Å². The lowest BCUT2D eigenvalue weighted by Crippen LogP contribution is -2.44. The molecule has 3 aromatic rings. The first-order chi connectivity index (χ1) is 15.5. The molecule has 1 saturated heterocycles. The summed E-state index contributed by atoms with van der Waals surface area (Å²) in [5.74, 6) is 0.772. The van der Waals surface area contributed by atoms with Crippen molar-refractivity contribution in [2.24, 2.45) is 0 Å². The zero-order chi connectivity index (χ0) is 22.2. The van der Waals surface area contributed by atoms with Crippen LogP contribution in [0.1, 0.15) is 40.0 Å². The molecule has 2 aliphatic rings. The maximum atomic E-state index is 13.5. The second-order valence-electron chi connectivity index (χ2n) is 8.94. The van der Waals surface area contributed by atoms with Crippen LogP contribution < -0.4 is 10.3 Å². The minimum absolute atomic E-state index is 0.0430. The Kier molecular flexibility index (Phi) is 5.43. The molecule has 0 bridgehead atoms. The second-order valence-corrected chi connectivity index (χ2v) is 8.94. The lowest BCUT2D eigenvalue weighted by Gasteiger charge is -2.35. The molecule has 0 radical (unpaired) electrons. The predicted molar refractivity (Wildman–Crippen MR) is 123 cm³/mol. The monoisotopic (exact) mass is 432 g/mol. The number of nitrogens with zero attached hydrogens (tertiary/aromatic N) is 3. The molecule has 2 aliphatic heterocycles. The molecule has 3 heterocycles. The average molecular weight is 433 g/mol. The fraction of sp³-hybridized carbons (Fsp3) is 0.400. The van der Waals surface area contributed by atoms with Gasteiger partial charge in [-0.25, -0.2) is 5.10 Å². The van der Waals surface area contributed by atoms with Crippen LogP contribution in [0.5, 0.6) is 5.75 Å². The minimum Gasteiger partial charge on any atom is -0.492 e. The van der Waals surface area contributed by atoms with Gasteiger partial charge in [-0.2, -0.15) is 5.10 Å². The van der Waals surface area contributed by atoms with Crippen LogP contribution in [0.3, 0.4) is 0 Å². The van der Waals surface area contributed by atoms with Gasteiger partial charge < -0.3 is 14.5 Å². The Bertz CT molecular complexity index is 1230. The van der Waals surface area contributed by atoms with E-state index in [-0.39, 0.29) is 11.5 Å². The topological polar surface area (TPSA) is 78.5 Å². The molecule has 7 nitrogen and oxygen atoms in total. The van der Waals surface area contributed by atoms with E-state index < -0.39 is 0 Å². The summed E-state index contributed by atoms with van der Waals surface area (Å²) in [6, 6.07) is 12.1. The lowest BCUT2D eigenvalue weighted by atomic mass is 9.97. The molecule has 5 rings (SSSR count). The quantitative estimate of drug-likeness (QED) is 0.686. The molecular formula is C25H28N4O3. The van der Waals surface area contributed by atoms with Gasteiger partial charge in [0, 0.05) is 37.4 Å². The van der Waals surface area contributed by atoms with Gasteiger partial charge in [0.1, 0.15) is 5.75 Å². The Morgan fingerprint density at radius 3 is 2.69 bits per heavy atom. The SMILES string of the molecule is CN(C)C1CCN(C(=O)c2cc(Cc3n[nH]c(=O)c4ccccc34)cc3c2OCC3)CC1. The van der Waals surface area contributed by atoms with Gasteiger partial charge in [-0.15, -0.1) is 0 Å². The molecule has 2 aromatic carbocycles. The van der Waals surface area contributed by atoms with E-state index in [1.807, 2.05) is 35.2 Å². The van der Waals surface area contributed by atoms with E-state index in [0.717, 1.165) is 60.3 Å². The Hall–Kier alpha value is -3.19. The highest BCUT2D eigenvalue weighted by Crippen LogP contribution is 2.33. The molecular weight excluding hydrogens is 404 g/mol. The van der Waals surface area contributed by atoms with E-state index in [2.05, 4.69) is 35.3 Å². The number of hydrogen-bond acceptors (Lipinski definition) is 5. The number of rotatable bonds is 4. The summed E-state index contributed by atoms with van der Waals surface area (Å²) >= 11 is 0. The Morgan fingerprint density at radius 1 is 1.19 bits per heavy atom. The van der Waals surface area contributed by atoms with Crippen molar-refractivity contribution < 1.29 is 9.53 Å². The summed E-state index contributed by atoms with van der Waals surface area (Å²) in [4.78, 5) is 29.8. The maximum absolute atomic E-state index is 13.5. The van der Waals surface area contributed by atoms with Crippen molar-refractivity contribution in [3.8, 4) is 5.75 Å². The third kappa shape index (κ3) is 3.77. The van der Waals surface area contributed by atoms with Gasteiger partial charge in [0.15, 0.2) is 0 Å². The number of hydrogen-bond donors (Lipinski definition) is 1. The Labute approximate surface area is 187 Å². The standard InChI is InChI=1S/C25H28N4O3/c1-28(2)18-7-10-29(11-8-18)25(31)21-14-16(13-17-9-12-32-23(17)21)15-22-19-5-3-4-6-20(19)24(30)27-26-22/h3-6,13-14,18H,7-12,15H2,1-2H3,(H,27,30). The minimum atomic E-state index is -0.191. The number of piperidine rings is 1. The zero-order valence-corrected chi connectivity index (χ0v) is 18.6. The second kappa shape index (κ2) is 8.39. The summed E-state index contributed by atoms with van der Waals surface area (Å²) in [6.07, 6.45) is 3.29. The number of amides is 1. The summed E-state index contributed by atoms with van der Waals surface area (Å²) in [5, 5.41) is 8.39. The highest BCUT2D eigenvalue weighted by molar-refractivity contribution is 5.98. The normalized spacial score (nSPS) is 16.4. The van der Waals surface area contributed by atoms with Gasteiger partial charge in [0.25, 0.3) is 11.5 Å². The molecule has 7 heteroatoms. The number of benzene rings is 2. The number of aromatic nitrogens is 2. The molecule has 1 fully saturated rings. The average Bonchev–Trinajstić information content (AvgIpc) is 3.29. The van der Waals surface area contributed by atoms with Crippen molar-refractivity contribution in [1.29, 1.82) is 0 Å². The summed E-state index contributed by atoms with van der Waals surface area (Å²) in [5.41, 5.74) is 3.33. The van der Waals surface area contributed by atoms with E-state index in [0.29, 0.717) is 30.0 Å². The number of carbonyl (C=O) groups excluding carboxylic acids is 1. The highest BCUT2D eigenvalue weighted by atomic mass is 16.5. The fourth-order valence-electron chi connectivity index (χ4n) is 4.89. The van der Waals surface area contributed by atoms with Crippen LogP contribution >= 0.6 is 0 Å². The molecule has 0 spiro atoms. The molecule has 0 atom stereocenters. The number of H-pyrrole nitrogens is 1. The maximum Gasteiger partial charge on any atom is 0.272 e. The first-order valence-electron chi connectivity index (χ1n) is 11.2.